The average Bonchev–Trinajstić information content (AvgIpc) is 2.34. The highest BCUT2D eigenvalue weighted by Gasteiger charge is 2.00. The maximum Gasteiger partial charge on any atom is 0.330 e. The largest absolute Gasteiger partial charge is 0.466 e. The lowest BCUT2D eigenvalue weighted by atomic mass is 10.1. The van der Waals surface area contributed by atoms with Gasteiger partial charge in [-0.25, -0.2) is 4.79 Å². The zero-order chi connectivity index (χ0) is 12.7. The summed E-state index contributed by atoms with van der Waals surface area (Å²) in [4.78, 5) is 15.6. The summed E-state index contributed by atoms with van der Waals surface area (Å²) in [6.07, 6.45) is 4.47. The highest BCUT2D eigenvalue weighted by molar-refractivity contribution is 6.30. The van der Waals surface area contributed by atoms with Crippen LogP contribution < -0.4 is 0 Å². The predicted octanol–water partition coefficient (Wildman–Crippen LogP) is 2.51. The van der Waals surface area contributed by atoms with Crippen LogP contribution in [0.15, 0.2) is 29.4 Å². The first kappa shape index (κ1) is 13.3. The Balaban J connectivity index is 3.01. The fourth-order valence-electron chi connectivity index (χ4n) is 1.14. The third-order valence-electron chi connectivity index (χ3n) is 1.95. The Morgan fingerprint density at radius 1 is 1.35 bits per heavy atom. The first-order chi connectivity index (χ1) is 8.17. The van der Waals surface area contributed by atoms with Gasteiger partial charge in [-0.1, -0.05) is 22.8 Å². The average molecular weight is 254 g/mol. The minimum absolute atomic E-state index is 0.422. The smallest absolute Gasteiger partial charge is 0.330 e. The lowest BCUT2D eigenvalue weighted by Crippen LogP contribution is -1.94. The lowest BCUT2D eigenvalue weighted by molar-refractivity contribution is -0.134. The van der Waals surface area contributed by atoms with Crippen molar-refractivity contribution >= 4 is 29.9 Å². The van der Waals surface area contributed by atoms with Gasteiger partial charge in [-0.3, -0.25) is 0 Å². The van der Waals surface area contributed by atoms with E-state index in [-0.39, 0.29) is 0 Å². The van der Waals surface area contributed by atoms with Gasteiger partial charge in [0, 0.05) is 16.7 Å². The van der Waals surface area contributed by atoms with Gasteiger partial charge in [0.1, 0.15) is 7.11 Å². The summed E-state index contributed by atoms with van der Waals surface area (Å²) in [5, 5.41) is 4.24. The number of halogens is 1. The molecular weight excluding hydrogens is 242 g/mol. The third-order valence-corrected chi connectivity index (χ3v) is 2.18. The molecule has 0 aliphatic rings. The van der Waals surface area contributed by atoms with Gasteiger partial charge >= 0.3 is 5.97 Å². The van der Waals surface area contributed by atoms with Gasteiger partial charge in [-0.15, -0.1) is 0 Å². The molecule has 0 radical (unpaired) electrons. The fourth-order valence-corrected chi connectivity index (χ4v) is 1.33. The zero-order valence-electron chi connectivity index (χ0n) is 9.51. The van der Waals surface area contributed by atoms with Gasteiger partial charge in [-0.2, -0.15) is 0 Å². The highest BCUT2D eigenvalue weighted by Crippen LogP contribution is 2.16. The third kappa shape index (κ3) is 4.28. The van der Waals surface area contributed by atoms with E-state index in [0.717, 1.165) is 11.1 Å². The SMILES string of the molecule is CO/N=C/c1cc(Cl)ccc1/C=C/C(=O)OC. The molecule has 1 rings (SSSR count). The molecule has 0 aliphatic heterocycles. The zero-order valence-corrected chi connectivity index (χ0v) is 10.3. The monoisotopic (exact) mass is 253 g/mol. The Hall–Kier alpha value is -1.81. The molecule has 0 atom stereocenters. The highest BCUT2D eigenvalue weighted by atomic mass is 35.5. The van der Waals surface area contributed by atoms with Crippen LogP contribution in [0.2, 0.25) is 5.02 Å². The van der Waals surface area contributed by atoms with Crippen LogP contribution in [-0.4, -0.2) is 26.4 Å². The lowest BCUT2D eigenvalue weighted by Gasteiger charge is -2.01. The minimum atomic E-state index is -0.422. The summed E-state index contributed by atoms with van der Waals surface area (Å²) in [5.41, 5.74) is 1.54. The van der Waals surface area contributed by atoms with Crippen molar-refractivity contribution in [3.05, 3.63) is 40.4 Å². The van der Waals surface area contributed by atoms with E-state index in [0.29, 0.717) is 5.02 Å². The Labute approximate surface area is 104 Å². The van der Waals surface area contributed by atoms with Crippen LogP contribution in [-0.2, 0) is 14.4 Å². The molecule has 0 N–H and O–H groups in total. The molecular formula is C12H12ClNO3. The van der Waals surface area contributed by atoms with Gasteiger partial charge in [0.2, 0.25) is 0 Å². The van der Waals surface area contributed by atoms with Crippen LogP contribution in [0.1, 0.15) is 11.1 Å². The summed E-state index contributed by atoms with van der Waals surface area (Å²) in [6.45, 7) is 0. The molecule has 0 bridgehead atoms. The quantitative estimate of drug-likeness (QED) is 0.359. The van der Waals surface area contributed by atoms with Crippen molar-refractivity contribution in [2.75, 3.05) is 14.2 Å². The molecule has 0 unspecified atom stereocenters. The Morgan fingerprint density at radius 2 is 2.12 bits per heavy atom. The first-order valence-electron chi connectivity index (χ1n) is 4.79. The molecule has 0 aromatic heterocycles. The second kappa shape index (κ2) is 6.70. The number of methoxy groups -OCH3 is 1. The number of ether oxygens (including phenoxy) is 1. The van der Waals surface area contributed by atoms with Crippen LogP contribution in [0, 0.1) is 0 Å². The predicted molar refractivity (Wildman–Crippen MR) is 67.1 cm³/mol. The standard InChI is InChI=1S/C12H12ClNO3/c1-16-12(15)6-4-9-3-5-11(13)7-10(9)8-14-17-2/h3-8H,1-2H3/b6-4+,14-8+. The maximum absolute atomic E-state index is 11.0. The number of esters is 1. The number of carbonyl (C=O) groups excluding carboxylic acids is 1. The minimum Gasteiger partial charge on any atom is -0.466 e. The van der Waals surface area contributed by atoms with Crippen molar-refractivity contribution in [2.45, 2.75) is 0 Å². The Kier molecular flexibility index (Phi) is 5.23. The summed E-state index contributed by atoms with van der Waals surface area (Å²) in [7, 11) is 2.77. The van der Waals surface area contributed by atoms with Crippen molar-refractivity contribution in [1.82, 2.24) is 0 Å². The summed E-state index contributed by atoms with van der Waals surface area (Å²) < 4.78 is 4.51. The molecule has 0 heterocycles. The topological polar surface area (TPSA) is 47.9 Å². The maximum atomic E-state index is 11.0. The van der Waals surface area contributed by atoms with E-state index < -0.39 is 5.97 Å². The molecule has 4 nitrogen and oxygen atoms in total. The van der Waals surface area contributed by atoms with E-state index in [1.54, 1.807) is 24.3 Å². The van der Waals surface area contributed by atoms with Crippen LogP contribution in [0.25, 0.3) is 6.08 Å². The van der Waals surface area contributed by atoms with Crippen LogP contribution in [0.5, 0.6) is 0 Å². The number of hydrogen-bond donors (Lipinski definition) is 0. The number of hydrogen-bond acceptors (Lipinski definition) is 4. The van der Waals surface area contributed by atoms with Crippen molar-refractivity contribution in [3.8, 4) is 0 Å². The summed E-state index contributed by atoms with van der Waals surface area (Å²) in [5.74, 6) is -0.422. The summed E-state index contributed by atoms with van der Waals surface area (Å²) >= 11 is 5.87. The van der Waals surface area contributed by atoms with Gasteiger partial charge in [0.25, 0.3) is 0 Å². The van der Waals surface area contributed by atoms with E-state index >= 15 is 0 Å². The number of nitrogens with zero attached hydrogens (tertiary/aromatic N) is 1. The van der Waals surface area contributed by atoms with E-state index in [4.69, 9.17) is 11.6 Å². The number of rotatable bonds is 4. The van der Waals surface area contributed by atoms with Crippen molar-refractivity contribution < 1.29 is 14.4 Å². The molecule has 0 fully saturated rings. The molecule has 17 heavy (non-hydrogen) atoms. The fraction of sp³-hybridized carbons (Fsp3) is 0.167. The van der Waals surface area contributed by atoms with Crippen LogP contribution in [0.3, 0.4) is 0 Å². The normalized spacial score (nSPS) is 11.0. The van der Waals surface area contributed by atoms with E-state index in [2.05, 4.69) is 14.7 Å². The van der Waals surface area contributed by atoms with E-state index in [1.807, 2.05) is 0 Å². The molecule has 0 aliphatic carbocycles. The van der Waals surface area contributed by atoms with E-state index in [1.165, 1.54) is 26.5 Å². The Morgan fingerprint density at radius 3 is 2.76 bits per heavy atom. The molecule has 1 aromatic rings. The molecule has 90 valence electrons. The second-order valence-electron chi connectivity index (χ2n) is 3.05. The number of benzene rings is 1. The van der Waals surface area contributed by atoms with Gasteiger partial charge in [-0.05, 0) is 23.8 Å². The van der Waals surface area contributed by atoms with Crippen molar-refractivity contribution in [1.29, 1.82) is 0 Å². The first-order valence-corrected chi connectivity index (χ1v) is 5.17. The second-order valence-corrected chi connectivity index (χ2v) is 3.48. The van der Waals surface area contributed by atoms with Gasteiger partial charge in [0.15, 0.2) is 0 Å². The molecule has 1 aromatic carbocycles. The number of oxime groups is 1. The van der Waals surface area contributed by atoms with Crippen molar-refractivity contribution in [2.24, 2.45) is 5.16 Å². The Bertz CT molecular complexity index is 455. The van der Waals surface area contributed by atoms with Gasteiger partial charge in [0.05, 0.1) is 13.3 Å². The van der Waals surface area contributed by atoms with E-state index in [9.17, 15) is 4.79 Å². The molecule has 0 saturated carbocycles. The summed E-state index contributed by atoms with van der Waals surface area (Å²) in [6, 6.07) is 5.22. The molecule has 5 heteroatoms. The number of carbonyl (C=O) groups is 1. The molecule has 0 amide bonds. The molecule has 0 spiro atoms. The van der Waals surface area contributed by atoms with Crippen LogP contribution >= 0.6 is 11.6 Å². The molecule has 0 saturated heterocycles. The van der Waals surface area contributed by atoms with Crippen molar-refractivity contribution in [3.63, 3.8) is 0 Å². The van der Waals surface area contributed by atoms with Gasteiger partial charge < -0.3 is 9.57 Å². The van der Waals surface area contributed by atoms with Crippen LogP contribution in [0.4, 0.5) is 0 Å².